The zero-order valence-electron chi connectivity index (χ0n) is 21.0. The highest BCUT2D eigenvalue weighted by molar-refractivity contribution is 7.89. The highest BCUT2D eigenvalue weighted by atomic mass is 32.2. The molecule has 1 N–H and O–H groups in total. The minimum Gasteiger partial charge on any atom is -0.487 e. The third-order valence-electron chi connectivity index (χ3n) is 6.68. The number of amides is 1. The molecule has 0 aromatic heterocycles. The maximum absolute atomic E-state index is 14.3. The van der Waals surface area contributed by atoms with Crippen molar-refractivity contribution in [3.05, 3.63) is 84.2 Å². The molecule has 4 rings (SSSR count). The van der Waals surface area contributed by atoms with Crippen LogP contribution in [0.3, 0.4) is 0 Å². The number of rotatable bonds is 6. The number of carbonyl (C=O) groups is 1. The third kappa shape index (κ3) is 5.53. The van der Waals surface area contributed by atoms with Crippen LogP contribution in [0.4, 0.5) is 4.39 Å². The first-order chi connectivity index (χ1) is 17.6. The van der Waals surface area contributed by atoms with Gasteiger partial charge in [-0.05, 0) is 42.3 Å². The molecule has 1 amide bonds. The molecule has 37 heavy (non-hydrogen) atoms. The Hall–Kier alpha value is -3.27. The van der Waals surface area contributed by atoms with E-state index in [-0.39, 0.29) is 41.8 Å². The third-order valence-corrected chi connectivity index (χ3v) is 8.70. The summed E-state index contributed by atoms with van der Waals surface area (Å²) >= 11 is 0. The first-order valence-electron chi connectivity index (χ1n) is 12.1. The Kier molecular flexibility index (Phi) is 7.96. The van der Waals surface area contributed by atoms with Gasteiger partial charge < -0.3 is 14.7 Å². The topological polar surface area (TPSA) is 87.2 Å². The van der Waals surface area contributed by atoms with E-state index in [9.17, 15) is 22.7 Å². The summed E-state index contributed by atoms with van der Waals surface area (Å²) in [5.74, 6) is -1.30. The number of aliphatic hydroxyl groups excluding tert-OH is 1. The second-order valence-corrected chi connectivity index (χ2v) is 11.3. The van der Waals surface area contributed by atoms with Gasteiger partial charge in [0.2, 0.25) is 10.0 Å². The van der Waals surface area contributed by atoms with Gasteiger partial charge in [-0.15, -0.1) is 0 Å². The van der Waals surface area contributed by atoms with Crippen molar-refractivity contribution in [2.24, 2.45) is 5.92 Å². The van der Waals surface area contributed by atoms with E-state index < -0.39 is 33.9 Å². The molecule has 0 radical (unpaired) electrons. The van der Waals surface area contributed by atoms with Gasteiger partial charge in [0.25, 0.3) is 5.91 Å². The Balaban J connectivity index is 1.74. The fourth-order valence-electron chi connectivity index (χ4n) is 4.45. The van der Waals surface area contributed by atoms with Crippen molar-refractivity contribution in [2.45, 2.75) is 30.9 Å². The van der Waals surface area contributed by atoms with Crippen LogP contribution in [0.25, 0.3) is 11.1 Å². The fraction of sp³-hybridized carbons (Fsp3) is 0.321. The van der Waals surface area contributed by atoms with Gasteiger partial charge in [-0.25, -0.2) is 12.8 Å². The second kappa shape index (κ2) is 11.0. The molecular weight excluding hydrogens is 495 g/mol. The lowest BCUT2D eigenvalue weighted by molar-refractivity contribution is 0.0560. The predicted molar refractivity (Wildman–Crippen MR) is 139 cm³/mol. The van der Waals surface area contributed by atoms with Crippen molar-refractivity contribution < 1.29 is 27.4 Å². The molecule has 196 valence electrons. The number of likely N-dealkylation sites (N-methyl/N-ethyl adjacent to an activating group) is 1. The number of carbonyl (C=O) groups excluding carboxylic acids is 1. The average molecular weight is 527 g/mol. The van der Waals surface area contributed by atoms with Gasteiger partial charge in [0.15, 0.2) is 0 Å². The quantitative estimate of drug-likeness (QED) is 0.524. The van der Waals surface area contributed by atoms with Crippen molar-refractivity contribution in [2.75, 3.05) is 26.7 Å². The standard InChI is InChI=1S/C28H31FN2O5S/c1-19-16-31(20(2)18-32)37(34,35)27-14-13-22(21-9-5-4-6-10-21)15-25(27)36-26(19)17-30(3)28(33)23-11-7-8-12-24(23)29/h4-15,19-20,26,32H,16-18H2,1-3H3/t19-,20+,26-/m0/s1. The molecule has 3 aromatic carbocycles. The van der Waals surface area contributed by atoms with E-state index in [2.05, 4.69) is 0 Å². The molecule has 0 saturated carbocycles. The summed E-state index contributed by atoms with van der Waals surface area (Å²) in [4.78, 5) is 14.4. The van der Waals surface area contributed by atoms with Crippen LogP contribution in [0, 0.1) is 11.7 Å². The lowest BCUT2D eigenvalue weighted by Crippen LogP contribution is -2.50. The number of hydrogen-bond acceptors (Lipinski definition) is 5. The number of aliphatic hydroxyl groups is 1. The van der Waals surface area contributed by atoms with Crippen molar-refractivity contribution in [1.29, 1.82) is 0 Å². The number of sulfonamides is 1. The average Bonchev–Trinajstić information content (AvgIpc) is 2.90. The van der Waals surface area contributed by atoms with Gasteiger partial charge in [0.1, 0.15) is 22.6 Å². The lowest BCUT2D eigenvalue weighted by Gasteiger charge is -2.37. The molecule has 0 saturated heterocycles. The Bertz CT molecular complexity index is 1370. The first-order valence-corrected chi connectivity index (χ1v) is 13.6. The van der Waals surface area contributed by atoms with E-state index in [1.165, 1.54) is 33.5 Å². The summed E-state index contributed by atoms with van der Waals surface area (Å²) in [6.45, 7) is 3.32. The predicted octanol–water partition coefficient (Wildman–Crippen LogP) is 4.03. The summed E-state index contributed by atoms with van der Waals surface area (Å²) in [6, 6.07) is 19.6. The Morgan fingerprint density at radius 3 is 2.46 bits per heavy atom. The molecule has 0 unspecified atom stereocenters. The van der Waals surface area contributed by atoms with E-state index in [0.717, 1.165) is 11.1 Å². The highest BCUT2D eigenvalue weighted by Gasteiger charge is 2.38. The second-order valence-electron chi connectivity index (χ2n) is 9.43. The number of hydrogen-bond donors (Lipinski definition) is 1. The van der Waals surface area contributed by atoms with Gasteiger partial charge in [-0.3, -0.25) is 4.79 Å². The van der Waals surface area contributed by atoms with Crippen molar-refractivity contribution >= 4 is 15.9 Å². The van der Waals surface area contributed by atoms with Gasteiger partial charge in [-0.1, -0.05) is 55.5 Å². The van der Waals surface area contributed by atoms with Crippen LogP contribution in [0.1, 0.15) is 24.2 Å². The monoisotopic (exact) mass is 526 g/mol. The lowest BCUT2D eigenvalue weighted by atomic mass is 10.0. The summed E-state index contributed by atoms with van der Waals surface area (Å²) in [6.07, 6.45) is -0.602. The van der Waals surface area contributed by atoms with E-state index in [4.69, 9.17) is 4.74 Å². The maximum atomic E-state index is 14.3. The zero-order chi connectivity index (χ0) is 26.7. The van der Waals surface area contributed by atoms with Crippen LogP contribution in [0.2, 0.25) is 0 Å². The smallest absolute Gasteiger partial charge is 0.256 e. The van der Waals surface area contributed by atoms with Crippen LogP contribution < -0.4 is 4.74 Å². The molecule has 7 nitrogen and oxygen atoms in total. The Morgan fingerprint density at radius 1 is 1.11 bits per heavy atom. The van der Waals surface area contributed by atoms with Crippen LogP contribution in [-0.4, -0.2) is 67.5 Å². The van der Waals surface area contributed by atoms with Gasteiger partial charge in [-0.2, -0.15) is 4.31 Å². The molecule has 3 aromatic rings. The minimum absolute atomic E-state index is 0.00698. The zero-order valence-corrected chi connectivity index (χ0v) is 21.9. The van der Waals surface area contributed by atoms with E-state index >= 15 is 0 Å². The molecule has 1 aliphatic heterocycles. The van der Waals surface area contributed by atoms with Gasteiger partial charge in [0, 0.05) is 25.6 Å². The molecule has 9 heteroatoms. The van der Waals surface area contributed by atoms with E-state index in [1.54, 1.807) is 32.2 Å². The van der Waals surface area contributed by atoms with Gasteiger partial charge in [0.05, 0.1) is 18.7 Å². The Morgan fingerprint density at radius 2 is 1.78 bits per heavy atom. The fourth-order valence-corrected chi connectivity index (χ4v) is 6.27. The summed E-state index contributed by atoms with van der Waals surface area (Å²) in [5, 5.41) is 9.82. The molecule has 0 spiro atoms. The normalized spacial score (nSPS) is 20.1. The SMILES string of the molecule is C[C@H](CO)N1C[C@H](C)[C@H](CN(C)C(=O)c2ccccc2F)Oc2cc(-c3ccccc3)ccc2S1(=O)=O. The number of ether oxygens (including phenoxy) is 1. The number of nitrogens with zero attached hydrogens (tertiary/aromatic N) is 2. The van der Waals surface area contributed by atoms with Crippen molar-refractivity contribution in [3.8, 4) is 16.9 Å². The Labute approximate surface area is 217 Å². The van der Waals surface area contributed by atoms with Crippen LogP contribution in [-0.2, 0) is 10.0 Å². The highest BCUT2D eigenvalue weighted by Crippen LogP contribution is 2.36. The molecule has 1 aliphatic rings. The maximum Gasteiger partial charge on any atom is 0.256 e. The van der Waals surface area contributed by atoms with E-state index in [1.807, 2.05) is 37.3 Å². The molecule has 0 aliphatic carbocycles. The number of fused-ring (bicyclic) bond motifs is 1. The van der Waals surface area contributed by atoms with Crippen LogP contribution in [0.15, 0.2) is 77.7 Å². The largest absolute Gasteiger partial charge is 0.487 e. The molecule has 1 heterocycles. The van der Waals surface area contributed by atoms with Gasteiger partial charge >= 0.3 is 0 Å². The molecule has 0 bridgehead atoms. The van der Waals surface area contributed by atoms with Crippen molar-refractivity contribution in [3.63, 3.8) is 0 Å². The molecular formula is C28H31FN2O5S. The van der Waals surface area contributed by atoms with Crippen LogP contribution in [0.5, 0.6) is 5.75 Å². The number of benzene rings is 3. The summed E-state index contributed by atoms with van der Waals surface area (Å²) in [7, 11) is -2.42. The van der Waals surface area contributed by atoms with E-state index in [0.29, 0.717) is 0 Å². The van der Waals surface area contributed by atoms with Crippen LogP contribution >= 0.6 is 0 Å². The number of halogens is 1. The van der Waals surface area contributed by atoms with Crippen molar-refractivity contribution in [1.82, 2.24) is 9.21 Å². The minimum atomic E-state index is -3.98. The molecule has 0 fully saturated rings. The molecule has 3 atom stereocenters. The summed E-state index contributed by atoms with van der Waals surface area (Å²) in [5.41, 5.74) is 1.62. The first kappa shape index (κ1) is 26.8. The summed E-state index contributed by atoms with van der Waals surface area (Å²) < 4.78 is 49.2.